The molecule has 0 aliphatic heterocycles. The summed E-state index contributed by atoms with van der Waals surface area (Å²) in [6.45, 7) is 4.62. The second-order valence-corrected chi connectivity index (χ2v) is 7.59. The molecule has 0 radical (unpaired) electrons. The predicted molar refractivity (Wildman–Crippen MR) is 107 cm³/mol. The van der Waals surface area contributed by atoms with Gasteiger partial charge < -0.3 is 5.32 Å². The van der Waals surface area contributed by atoms with Crippen LogP contribution in [0.5, 0.6) is 0 Å². The van der Waals surface area contributed by atoms with Gasteiger partial charge in [-0.2, -0.15) is 10.2 Å². The van der Waals surface area contributed by atoms with Gasteiger partial charge in [0.05, 0.1) is 17.3 Å². The van der Waals surface area contributed by atoms with Crippen molar-refractivity contribution < 1.29 is 0 Å². The molecule has 1 N–H and O–H groups in total. The maximum absolute atomic E-state index is 6.09. The van der Waals surface area contributed by atoms with Crippen molar-refractivity contribution in [2.45, 2.75) is 26.4 Å². The predicted octanol–water partition coefficient (Wildman–Crippen LogP) is 4.29. The zero-order valence-electron chi connectivity index (χ0n) is 14.9. The molecule has 1 unspecified atom stereocenters. The number of hydrogen-bond acceptors (Lipinski definition) is 6. The molecular weight excluding hydrogens is 382 g/mol. The van der Waals surface area contributed by atoms with E-state index in [4.69, 9.17) is 11.6 Å². The van der Waals surface area contributed by atoms with E-state index in [1.807, 2.05) is 49.0 Å². The van der Waals surface area contributed by atoms with Crippen molar-refractivity contribution in [3.05, 3.63) is 70.1 Å². The summed E-state index contributed by atoms with van der Waals surface area (Å²) in [5, 5.41) is 22.8. The summed E-state index contributed by atoms with van der Waals surface area (Å²) in [7, 11) is 0. The number of aromatic nitrogens is 6. The molecule has 3 aromatic heterocycles. The molecular formula is C18H18ClN7S. The first-order chi connectivity index (χ1) is 13.1. The first-order valence-corrected chi connectivity index (χ1v) is 9.67. The standard InChI is InChI=1S/C18H18ClN7S/c1-12-15(19)11-26(23-12)13(2)17-21-22-18(27-17)20-16-8-9-25(24-16)10-14-6-4-3-5-7-14/h3-9,11,13H,10H2,1-2H3,(H,20,22,24). The number of rotatable bonds is 6. The molecule has 4 rings (SSSR count). The van der Waals surface area contributed by atoms with E-state index in [0.717, 1.165) is 23.1 Å². The van der Waals surface area contributed by atoms with Gasteiger partial charge in [0.1, 0.15) is 11.0 Å². The SMILES string of the molecule is Cc1nn(C(C)c2nnc(Nc3ccn(Cc4ccccc4)n3)s2)cc1Cl. The lowest BCUT2D eigenvalue weighted by molar-refractivity contribution is 0.554. The normalized spacial score (nSPS) is 12.3. The highest BCUT2D eigenvalue weighted by Gasteiger charge is 2.16. The fourth-order valence-electron chi connectivity index (χ4n) is 2.62. The monoisotopic (exact) mass is 399 g/mol. The summed E-state index contributed by atoms with van der Waals surface area (Å²) >= 11 is 7.57. The van der Waals surface area contributed by atoms with Crippen LogP contribution in [0.1, 0.15) is 29.2 Å². The fourth-order valence-corrected chi connectivity index (χ4v) is 3.55. The van der Waals surface area contributed by atoms with Gasteiger partial charge in [0.25, 0.3) is 0 Å². The van der Waals surface area contributed by atoms with E-state index >= 15 is 0 Å². The van der Waals surface area contributed by atoms with Crippen molar-refractivity contribution in [3.63, 3.8) is 0 Å². The number of halogens is 1. The van der Waals surface area contributed by atoms with Gasteiger partial charge in [0.2, 0.25) is 5.13 Å². The van der Waals surface area contributed by atoms with E-state index in [0.29, 0.717) is 10.2 Å². The molecule has 4 aromatic rings. The molecule has 0 fully saturated rings. The fraction of sp³-hybridized carbons (Fsp3) is 0.222. The molecule has 0 saturated carbocycles. The maximum Gasteiger partial charge on any atom is 0.211 e. The Hall–Kier alpha value is -2.71. The van der Waals surface area contributed by atoms with Crippen molar-refractivity contribution >= 4 is 33.9 Å². The van der Waals surface area contributed by atoms with E-state index < -0.39 is 0 Å². The summed E-state index contributed by atoms with van der Waals surface area (Å²) in [5.41, 5.74) is 2.00. The summed E-state index contributed by atoms with van der Waals surface area (Å²) in [5.74, 6) is 0.735. The van der Waals surface area contributed by atoms with Gasteiger partial charge in [-0.1, -0.05) is 53.3 Å². The van der Waals surface area contributed by atoms with Crippen LogP contribution in [0.25, 0.3) is 0 Å². The van der Waals surface area contributed by atoms with Gasteiger partial charge in [-0.3, -0.25) is 9.36 Å². The van der Waals surface area contributed by atoms with Gasteiger partial charge in [-0.15, -0.1) is 10.2 Å². The first-order valence-electron chi connectivity index (χ1n) is 8.47. The van der Waals surface area contributed by atoms with Crippen LogP contribution in [0.3, 0.4) is 0 Å². The number of hydrogen-bond donors (Lipinski definition) is 1. The molecule has 0 amide bonds. The average molecular weight is 400 g/mol. The lowest BCUT2D eigenvalue weighted by atomic mass is 10.2. The van der Waals surface area contributed by atoms with Gasteiger partial charge in [-0.25, -0.2) is 0 Å². The van der Waals surface area contributed by atoms with Gasteiger partial charge in [0, 0.05) is 18.5 Å². The minimum absolute atomic E-state index is 0.0418. The molecule has 0 saturated heterocycles. The van der Waals surface area contributed by atoms with E-state index in [2.05, 4.69) is 37.8 Å². The summed E-state index contributed by atoms with van der Waals surface area (Å²) in [6, 6.07) is 12.1. The second-order valence-electron chi connectivity index (χ2n) is 6.17. The third-order valence-corrected chi connectivity index (χ3v) is 5.49. The minimum atomic E-state index is -0.0418. The van der Waals surface area contributed by atoms with Crippen molar-refractivity contribution in [2.24, 2.45) is 0 Å². The average Bonchev–Trinajstić information content (AvgIpc) is 3.38. The number of aryl methyl sites for hydroxylation is 1. The molecule has 7 nitrogen and oxygen atoms in total. The Balaban J connectivity index is 1.43. The van der Waals surface area contributed by atoms with Crippen LogP contribution in [0.4, 0.5) is 10.9 Å². The molecule has 0 spiro atoms. The van der Waals surface area contributed by atoms with E-state index in [9.17, 15) is 0 Å². The Morgan fingerprint density at radius 1 is 1.15 bits per heavy atom. The van der Waals surface area contributed by atoms with E-state index in [-0.39, 0.29) is 6.04 Å². The Morgan fingerprint density at radius 3 is 2.70 bits per heavy atom. The zero-order valence-corrected chi connectivity index (χ0v) is 16.4. The van der Waals surface area contributed by atoms with Crippen molar-refractivity contribution in [2.75, 3.05) is 5.32 Å². The molecule has 1 aromatic carbocycles. The largest absolute Gasteiger partial charge is 0.313 e. The van der Waals surface area contributed by atoms with E-state index in [1.54, 1.807) is 10.9 Å². The van der Waals surface area contributed by atoms with Gasteiger partial charge >= 0.3 is 0 Å². The Labute approximate surface area is 165 Å². The molecule has 0 bridgehead atoms. The highest BCUT2D eigenvalue weighted by molar-refractivity contribution is 7.15. The Kier molecular flexibility index (Phi) is 4.91. The molecule has 0 aliphatic rings. The Morgan fingerprint density at radius 2 is 1.96 bits per heavy atom. The quantitative estimate of drug-likeness (QED) is 0.523. The first kappa shape index (κ1) is 17.7. The number of benzene rings is 1. The van der Waals surface area contributed by atoms with Crippen LogP contribution in [-0.2, 0) is 6.54 Å². The van der Waals surface area contributed by atoms with Crippen LogP contribution in [0.15, 0.2) is 48.8 Å². The summed E-state index contributed by atoms with van der Waals surface area (Å²) in [4.78, 5) is 0. The van der Waals surface area contributed by atoms with Crippen molar-refractivity contribution in [1.82, 2.24) is 29.8 Å². The molecule has 1 atom stereocenters. The lowest BCUT2D eigenvalue weighted by Gasteiger charge is -2.07. The summed E-state index contributed by atoms with van der Waals surface area (Å²) < 4.78 is 3.69. The van der Waals surface area contributed by atoms with Gasteiger partial charge in [0.15, 0.2) is 5.82 Å². The van der Waals surface area contributed by atoms with Crippen LogP contribution in [0.2, 0.25) is 5.02 Å². The highest BCUT2D eigenvalue weighted by atomic mass is 35.5. The minimum Gasteiger partial charge on any atom is -0.313 e. The number of anilines is 2. The molecule has 0 aliphatic carbocycles. The molecule has 9 heteroatoms. The third kappa shape index (κ3) is 4.01. The number of nitrogens with zero attached hydrogens (tertiary/aromatic N) is 6. The van der Waals surface area contributed by atoms with Crippen LogP contribution < -0.4 is 5.32 Å². The Bertz CT molecular complexity index is 1020. The van der Waals surface area contributed by atoms with Crippen LogP contribution in [-0.4, -0.2) is 29.8 Å². The third-order valence-electron chi connectivity index (χ3n) is 4.11. The van der Waals surface area contributed by atoms with Gasteiger partial charge in [-0.05, 0) is 19.4 Å². The summed E-state index contributed by atoms with van der Waals surface area (Å²) in [6.07, 6.45) is 3.75. The lowest BCUT2D eigenvalue weighted by Crippen LogP contribution is -2.07. The molecule has 27 heavy (non-hydrogen) atoms. The van der Waals surface area contributed by atoms with Crippen molar-refractivity contribution in [3.8, 4) is 0 Å². The zero-order chi connectivity index (χ0) is 18.8. The maximum atomic E-state index is 6.09. The van der Waals surface area contributed by atoms with Crippen LogP contribution >= 0.6 is 22.9 Å². The smallest absolute Gasteiger partial charge is 0.211 e. The van der Waals surface area contributed by atoms with Crippen LogP contribution in [0, 0.1) is 6.92 Å². The van der Waals surface area contributed by atoms with E-state index in [1.165, 1.54) is 16.9 Å². The molecule has 138 valence electrons. The highest BCUT2D eigenvalue weighted by Crippen LogP contribution is 2.27. The number of nitrogens with one attached hydrogen (secondary N) is 1. The second kappa shape index (κ2) is 7.50. The molecule has 3 heterocycles. The van der Waals surface area contributed by atoms with Crippen molar-refractivity contribution in [1.29, 1.82) is 0 Å². The topological polar surface area (TPSA) is 73.5 Å².